The third-order valence-corrected chi connectivity index (χ3v) is 3.33. The molecule has 1 aliphatic heterocycles. The summed E-state index contributed by atoms with van der Waals surface area (Å²) in [7, 11) is 1.65. The molecule has 1 aliphatic rings. The molecule has 3 heteroatoms. The van der Waals surface area contributed by atoms with Gasteiger partial charge in [-0.25, -0.2) is 4.39 Å². The first-order chi connectivity index (χ1) is 7.62. The van der Waals surface area contributed by atoms with Crippen LogP contribution in [0.2, 0.25) is 0 Å². The Morgan fingerprint density at radius 2 is 2.38 bits per heavy atom. The van der Waals surface area contributed by atoms with Crippen molar-refractivity contribution < 1.29 is 9.13 Å². The van der Waals surface area contributed by atoms with Crippen LogP contribution in [0.3, 0.4) is 0 Å². The third kappa shape index (κ3) is 2.35. The van der Waals surface area contributed by atoms with Gasteiger partial charge >= 0.3 is 0 Å². The highest BCUT2D eigenvalue weighted by atomic mass is 19.1. The first-order valence-corrected chi connectivity index (χ1v) is 5.64. The van der Waals surface area contributed by atoms with Gasteiger partial charge in [0.15, 0.2) is 0 Å². The maximum atomic E-state index is 14.0. The van der Waals surface area contributed by atoms with Crippen LogP contribution in [-0.4, -0.2) is 25.9 Å². The van der Waals surface area contributed by atoms with Crippen molar-refractivity contribution in [3.05, 3.63) is 29.8 Å². The molecule has 0 amide bonds. The van der Waals surface area contributed by atoms with E-state index in [0.29, 0.717) is 6.54 Å². The fourth-order valence-electron chi connectivity index (χ4n) is 2.22. The number of ether oxygens (including phenoxy) is 1. The third-order valence-electron chi connectivity index (χ3n) is 3.33. The van der Waals surface area contributed by atoms with Crippen molar-refractivity contribution >= 4 is 0 Å². The quantitative estimate of drug-likeness (QED) is 0.848. The molecular weight excluding hydrogens is 205 g/mol. The number of rotatable bonds is 3. The Bertz CT molecular complexity index is 365. The lowest BCUT2D eigenvalue weighted by Crippen LogP contribution is -2.29. The summed E-state index contributed by atoms with van der Waals surface area (Å²) in [5.41, 5.74) is 0.0419. The van der Waals surface area contributed by atoms with E-state index in [1.54, 1.807) is 14.0 Å². The van der Waals surface area contributed by atoms with Gasteiger partial charge in [-0.05, 0) is 31.0 Å². The van der Waals surface area contributed by atoms with Crippen molar-refractivity contribution in [1.29, 1.82) is 0 Å². The highest BCUT2D eigenvalue weighted by molar-refractivity contribution is 5.29. The Morgan fingerprint density at radius 3 is 3.00 bits per heavy atom. The van der Waals surface area contributed by atoms with Crippen LogP contribution in [0, 0.1) is 5.92 Å². The lowest BCUT2D eigenvalue weighted by Gasteiger charge is -2.21. The van der Waals surface area contributed by atoms with E-state index in [2.05, 4.69) is 5.32 Å². The van der Waals surface area contributed by atoms with Gasteiger partial charge in [-0.15, -0.1) is 0 Å². The number of alkyl halides is 1. The Balaban J connectivity index is 2.08. The molecule has 2 unspecified atom stereocenters. The number of benzene rings is 1. The first-order valence-electron chi connectivity index (χ1n) is 5.64. The van der Waals surface area contributed by atoms with Crippen LogP contribution in [-0.2, 0) is 6.42 Å². The zero-order chi connectivity index (χ0) is 11.6. The summed E-state index contributed by atoms with van der Waals surface area (Å²) >= 11 is 0. The van der Waals surface area contributed by atoms with Crippen molar-refractivity contribution in [3.8, 4) is 5.75 Å². The van der Waals surface area contributed by atoms with E-state index in [1.165, 1.54) is 0 Å². The van der Waals surface area contributed by atoms with Crippen molar-refractivity contribution in [2.24, 2.45) is 5.92 Å². The van der Waals surface area contributed by atoms with Crippen molar-refractivity contribution in [2.75, 3.05) is 20.2 Å². The minimum absolute atomic E-state index is 0.0552. The van der Waals surface area contributed by atoms with E-state index >= 15 is 0 Å². The average Bonchev–Trinajstić information content (AvgIpc) is 2.59. The predicted octanol–water partition coefficient (Wildman–Crippen LogP) is 2.19. The second-order valence-electron chi connectivity index (χ2n) is 4.66. The Labute approximate surface area is 95.8 Å². The van der Waals surface area contributed by atoms with Crippen LogP contribution in [0.5, 0.6) is 5.75 Å². The highest BCUT2D eigenvalue weighted by Gasteiger charge is 2.38. The summed E-state index contributed by atoms with van der Waals surface area (Å²) in [6, 6.07) is 7.86. The molecule has 2 nitrogen and oxygen atoms in total. The Hall–Kier alpha value is -1.09. The summed E-state index contributed by atoms with van der Waals surface area (Å²) in [5, 5.41) is 3.11. The van der Waals surface area contributed by atoms with Crippen LogP contribution < -0.4 is 10.1 Å². The molecule has 1 heterocycles. The number of halogens is 1. The molecule has 1 aromatic rings. The smallest absolute Gasteiger partial charge is 0.124 e. The molecule has 0 aromatic heterocycles. The van der Waals surface area contributed by atoms with Crippen LogP contribution in [0.25, 0.3) is 0 Å². The Kier molecular flexibility index (Phi) is 3.15. The second kappa shape index (κ2) is 4.42. The maximum absolute atomic E-state index is 14.0. The number of hydrogen-bond donors (Lipinski definition) is 1. The van der Waals surface area contributed by atoms with Gasteiger partial charge < -0.3 is 10.1 Å². The maximum Gasteiger partial charge on any atom is 0.124 e. The molecule has 1 fully saturated rings. The minimum atomic E-state index is -1.09. The standard InChI is InChI=1S/C13H18FNO/c1-13(14)9-15-8-11(13)6-10-4-3-5-12(7-10)16-2/h3-5,7,11,15H,6,8-9H2,1-2H3. The molecule has 88 valence electrons. The summed E-state index contributed by atoms with van der Waals surface area (Å²) in [6.45, 7) is 2.89. The minimum Gasteiger partial charge on any atom is -0.497 e. The molecular formula is C13H18FNO. The predicted molar refractivity (Wildman–Crippen MR) is 62.6 cm³/mol. The molecule has 0 radical (unpaired) electrons. The molecule has 1 N–H and O–H groups in total. The van der Waals surface area contributed by atoms with E-state index in [1.807, 2.05) is 24.3 Å². The van der Waals surface area contributed by atoms with Gasteiger partial charge in [-0.1, -0.05) is 12.1 Å². The van der Waals surface area contributed by atoms with Crippen molar-refractivity contribution in [3.63, 3.8) is 0 Å². The topological polar surface area (TPSA) is 21.3 Å². The molecule has 2 rings (SSSR count). The molecule has 16 heavy (non-hydrogen) atoms. The Morgan fingerprint density at radius 1 is 1.56 bits per heavy atom. The normalized spacial score (nSPS) is 29.3. The van der Waals surface area contributed by atoms with Crippen LogP contribution in [0.1, 0.15) is 12.5 Å². The van der Waals surface area contributed by atoms with Gasteiger partial charge in [0.1, 0.15) is 11.4 Å². The largest absolute Gasteiger partial charge is 0.497 e. The monoisotopic (exact) mass is 223 g/mol. The van der Waals surface area contributed by atoms with E-state index in [-0.39, 0.29) is 5.92 Å². The molecule has 1 saturated heterocycles. The van der Waals surface area contributed by atoms with Gasteiger partial charge in [-0.3, -0.25) is 0 Å². The SMILES string of the molecule is COc1cccc(CC2CNCC2(C)F)c1. The molecule has 0 aliphatic carbocycles. The van der Waals surface area contributed by atoms with Crippen molar-refractivity contribution in [2.45, 2.75) is 19.0 Å². The number of nitrogens with one attached hydrogen (secondary N) is 1. The van der Waals surface area contributed by atoms with Gasteiger partial charge in [0.25, 0.3) is 0 Å². The van der Waals surface area contributed by atoms with Crippen molar-refractivity contribution in [1.82, 2.24) is 5.32 Å². The summed E-state index contributed by atoms with van der Waals surface area (Å²) in [6.07, 6.45) is 0.761. The fourth-order valence-corrected chi connectivity index (χ4v) is 2.22. The van der Waals surface area contributed by atoms with Gasteiger partial charge in [-0.2, -0.15) is 0 Å². The fraction of sp³-hybridized carbons (Fsp3) is 0.538. The van der Waals surface area contributed by atoms with E-state index < -0.39 is 5.67 Å². The lowest BCUT2D eigenvalue weighted by atomic mass is 9.88. The summed E-state index contributed by atoms with van der Waals surface area (Å²) < 4.78 is 19.2. The highest BCUT2D eigenvalue weighted by Crippen LogP contribution is 2.29. The number of methoxy groups -OCH3 is 1. The first kappa shape index (κ1) is 11.4. The lowest BCUT2D eigenvalue weighted by molar-refractivity contribution is 0.152. The second-order valence-corrected chi connectivity index (χ2v) is 4.66. The molecule has 0 spiro atoms. The van der Waals surface area contributed by atoms with Gasteiger partial charge in [0.2, 0.25) is 0 Å². The van der Waals surface area contributed by atoms with Gasteiger partial charge in [0.05, 0.1) is 7.11 Å². The van der Waals surface area contributed by atoms with Crippen LogP contribution >= 0.6 is 0 Å². The van der Waals surface area contributed by atoms with E-state index in [4.69, 9.17) is 4.74 Å². The molecule has 0 saturated carbocycles. The molecule has 1 aromatic carbocycles. The summed E-state index contributed by atoms with van der Waals surface area (Å²) in [5.74, 6) is 0.892. The average molecular weight is 223 g/mol. The summed E-state index contributed by atoms with van der Waals surface area (Å²) in [4.78, 5) is 0. The van der Waals surface area contributed by atoms with Crippen LogP contribution in [0.15, 0.2) is 24.3 Å². The number of hydrogen-bond acceptors (Lipinski definition) is 2. The van der Waals surface area contributed by atoms with Gasteiger partial charge in [0, 0.05) is 19.0 Å². The zero-order valence-electron chi connectivity index (χ0n) is 9.79. The molecule has 2 atom stereocenters. The zero-order valence-corrected chi connectivity index (χ0v) is 9.79. The van der Waals surface area contributed by atoms with E-state index in [9.17, 15) is 4.39 Å². The van der Waals surface area contributed by atoms with E-state index in [0.717, 1.165) is 24.3 Å². The molecule has 0 bridgehead atoms. The van der Waals surface area contributed by atoms with Crippen LogP contribution in [0.4, 0.5) is 4.39 Å².